The number of aryl methyl sites for hydroxylation is 1. The molecule has 0 saturated carbocycles. The molecule has 2 aromatic carbocycles. The number of nitrogens with one attached hydrogen (secondary N) is 1. The molecule has 5 rings (SSSR count). The predicted octanol–water partition coefficient (Wildman–Crippen LogP) is 11.1. The van der Waals surface area contributed by atoms with E-state index in [4.69, 9.17) is 9.73 Å². The number of carbonyl (C=O) groups is 1. The van der Waals surface area contributed by atoms with E-state index in [0.717, 1.165) is 72.3 Å². The highest BCUT2D eigenvalue weighted by Gasteiger charge is 2.25. The largest absolute Gasteiger partial charge is 0.494 e. The molecule has 0 saturated heterocycles. The third kappa shape index (κ3) is 9.24. The first kappa shape index (κ1) is 34.2. The van der Waals surface area contributed by atoms with Crippen molar-refractivity contribution < 1.29 is 22.7 Å². The normalized spacial score (nSPS) is 20.3. The number of rotatable bonds is 12. The Morgan fingerprint density at radius 1 is 1.00 bits per heavy atom. The highest BCUT2D eigenvalue weighted by atomic mass is 19.3. The second-order valence-electron chi connectivity index (χ2n) is 12.7. The Bertz CT molecular complexity index is 1630. The lowest BCUT2D eigenvalue weighted by Gasteiger charge is -2.19. The first-order valence-corrected chi connectivity index (χ1v) is 16.9. The van der Waals surface area contributed by atoms with Crippen LogP contribution in [0.25, 0.3) is 5.57 Å². The predicted molar refractivity (Wildman–Crippen MR) is 186 cm³/mol. The number of methoxy groups -OCH3 is 1. The third-order valence-corrected chi connectivity index (χ3v) is 9.22. The van der Waals surface area contributed by atoms with Crippen molar-refractivity contribution in [1.82, 2.24) is 0 Å². The summed E-state index contributed by atoms with van der Waals surface area (Å²) in [4.78, 5) is 18.2. The highest BCUT2D eigenvalue weighted by molar-refractivity contribution is 6.25. The zero-order valence-corrected chi connectivity index (χ0v) is 27.5. The summed E-state index contributed by atoms with van der Waals surface area (Å²) in [5.41, 5.74) is 7.46. The van der Waals surface area contributed by atoms with Gasteiger partial charge in [-0.05, 0) is 106 Å². The average Bonchev–Trinajstić information content (AvgIpc) is 3.47. The lowest BCUT2D eigenvalue weighted by molar-refractivity contribution is 0.0878. The molecule has 248 valence electrons. The maximum absolute atomic E-state index is 14.6. The summed E-state index contributed by atoms with van der Waals surface area (Å²) in [6.07, 6.45) is 19.7. The number of alkyl halides is 2. The number of carbonyl (C=O) groups excluding carboxylic acids is 1. The van der Waals surface area contributed by atoms with E-state index in [1.54, 1.807) is 18.3 Å². The van der Waals surface area contributed by atoms with Crippen molar-refractivity contribution >= 4 is 22.8 Å². The Labute approximate surface area is 276 Å². The van der Waals surface area contributed by atoms with E-state index in [1.807, 2.05) is 37.3 Å². The highest BCUT2D eigenvalue weighted by Crippen LogP contribution is 2.35. The van der Waals surface area contributed by atoms with Crippen LogP contribution < -0.4 is 10.1 Å². The van der Waals surface area contributed by atoms with E-state index < -0.39 is 12.2 Å². The second kappa shape index (κ2) is 16.6. The Balaban J connectivity index is 1.28. The number of hydrogen-bond acceptors (Lipinski definition) is 4. The summed E-state index contributed by atoms with van der Waals surface area (Å²) < 4.78 is 46.8. The molecule has 0 amide bonds. The smallest absolute Gasteiger partial charge is 0.238 e. The van der Waals surface area contributed by atoms with Crippen LogP contribution in [0.3, 0.4) is 0 Å². The maximum atomic E-state index is 14.6. The molecule has 4 nitrogen and oxygen atoms in total. The third-order valence-electron chi connectivity index (χ3n) is 9.22. The molecule has 1 aliphatic heterocycles. The van der Waals surface area contributed by atoms with Gasteiger partial charge in [-0.3, -0.25) is 9.79 Å². The van der Waals surface area contributed by atoms with Crippen LogP contribution in [0.1, 0.15) is 98.5 Å². The number of halogens is 3. The van der Waals surface area contributed by atoms with Crippen molar-refractivity contribution in [2.75, 3.05) is 12.4 Å². The summed E-state index contributed by atoms with van der Waals surface area (Å²) >= 11 is 0. The van der Waals surface area contributed by atoms with E-state index in [9.17, 15) is 18.0 Å². The van der Waals surface area contributed by atoms with Gasteiger partial charge in [0.05, 0.1) is 18.5 Å². The number of aliphatic imine (C=N–C) groups is 1. The molecule has 3 aliphatic rings. The number of fused-ring (bicyclic) bond motifs is 1. The Morgan fingerprint density at radius 2 is 1.85 bits per heavy atom. The van der Waals surface area contributed by atoms with Crippen molar-refractivity contribution in [2.45, 2.75) is 90.4 Å². The molecule has 47 heavy (non-hydrogen) atoms. The number of Topliss-reactive ketones (excluding diaryl/α,β-unsaturated/α-hetero) is 1. The molecule has 1 heterocycles. The molecule has 0 aromatic heterocycles. The monoisotopic (exact) mass is 642 g/mol. The zero-order chi connectivity index (χ0) is 33.2. The van der Waals surface area contributed by atoms with Gasteiger partial charge in [0.2, 0.25) is 6.43 Å². The fourth-order valence-corrected chi connectivity index (χ4v) is 6.65. The van der Waals surface area contributed by atoms with Gasteiger partial charge >= 0.3 is 0 Å². The minimum Gasteiger partial charge on any atom is -0.494 e. The molecule has 2 aromatic rings. The van der Waals surface area contributed by atoms with Crippen LogP contribution in [-0.2, 0) is 0 Å². The van der Waals surface area contributed by atoms with Crippen molar-refractivity contribution in [3.05, 3.63) is 112 Å². The van der Waals surface area contributed by atoms with Gasteiger partial charge in [0.25, 0.3) is 0 Å². The number of anilines is 1. The number of ether oxygens (including phenoxy) is 1. The SMILES string of the molecule is COc1ccc(C2=CN=C3C(Nc4ccc(C(=O)CC(CC/C5=C/CCCCCC5)CC(F)F)c(C)c4)=CCC/C=C\C=C\23)cc1F. The summed E-state index contributed by atoms with van der Waals surface area (Å²) in [5, 5.41) is 3.51. The van der Waals surface area contributed by atoms with E-state index in [2.05, 4.69) is 23.5 Å². The van der Waals surface area contributed by atoms with E-state index in [0.29, 0.717) is 17.5 Å². The molecular formula is C40H45F3N2O2. The Morgan fingerprint density at radius 3 is 2.64 bits per heavy atom. The van der Waals surface area contributed by atoms with Gasteiger partial charge in [-0.2, -0.15) is 0 Å². The van der Waals surface area contributed by atoms with Gasteiger partial charge in [0, 0.05) is 41.4 Å². The second-order valence-corrected chi connectivity index (χ2v) is 12.7. The number of benzene rings is 2. The fourth-order valence-electron chi connectivity index (χ4n) is 6.65. The minimum atomic E-state index is -2.43. The first-order valence-electron chi connectivity index (χ1n) is 16.9. The Hall–Kier alpha value is -4.13. The summed E-state index contributed by atoms with van der Waals surface area (Å²) in [6, 6.07) is 10.5. The van der Waals surface area contributed by atoms with E-state index in [1.165, 1.54) is 38.0 Å². The van der Waals surface area contributed by atoms with Crippen LogP contribution in [0.5, 0.6) is 5.75 Å². The maximum Gasteiger partial charge on any atom is 0.238 e. The molecule has 2 aliphatic carbocycles. The van der Waals surface area contributed by atoms with E-state index >= 15 is 0 Å². The molecule has 0 spiro atoms. The van der Waals surface area contributed by atoms with E-state index in [-0.39, 0.29) is 30.3 Å². The Kier molecular flexibility index (Phi) is 12.1. The van der Waals surface area contributed by atoms with Crippen LogP contribution in [0.4, 0.5) is 18.9 Å². The molecule has 0 radical (unpaired) electrons. The molecule has 7 heteroatoms. The fraction of sp³-hybridized carbons (Fsp3) is 0.400. The number of hydrogen-bond donors (Lipinski definition) is 1. The van der Waals surface area contributed by atoms with Crippen LogP contribution in [0.2, 0.25) is 0 Å². The number of allylic oxidation sites excluding steroid dienone is 8. The van der Waals surface area contributed by atoms with Gasteiger partial charge in [-0.1, -0.05) is 54.9 Å². The van der Waals surface area contributed by atoms with Crippen LogP contribution >= 0.6 is 0 Å². The summed E-state index contributed by atoms with van der Waals surface area (Å²) in [6.45, 7) is 1.89. The van der Waals surface area contributed by atoms with Gasteiger partial charge in [-0.15, -0.1) is 0 Å². The van der Waals surface area contributed by atoms with Gasteiger partial charge in [-0.25, -0.2) is 13.2 Å². The van der Waals surface area contributed by atoms with Crippen LogP contribution in [0.15, 0.2) is 94.8 Å². The zero-order valence-electron chi connectivity index (χ0n) is 27.5. The summed E-state index contributed by atoms with van der Waals surface area (Å²) in [5.74, 6) is -0.700. The molecule has 1 unspecified atom stereocenters. The van der Waals surface area contributed by atoms with Gasteiger partial charge in [0.1, 0.15) is 0 Å². The molecule has 1 atom stereocenters. The number of nitrogens with zero attached hydrogens (tertiary/aromatic N) is 1. The summed E-state index contributed by atoms with van der Waals surface area (Å²) in [7, 11) is 1.44. The lowest BCUT2D eigenvalue weighted by Crippen LogP contribution is -2.15. The van der Waals surface area contributed by atoms with Crippen molar-refractivity contribution in [2.24, 2.45) is 10.9 Å². The van der Waals surface area contributed by atoms with Crippen molar-refractivity contribution in [1.29, 1.82) is 0 Å². The topological polar surface area (TPSA) is 50.7 Å². The first-order chi connectivity index (χ1) is 22.8. The molecule has 0 fully saturated rings. The van der Waals surface area contributed by atoms with Gasteiger partial charge < -0.3 is 10.1 Å². The van der Waals surface area contributed by atoms with Gasteiger partial charge in [0.15, 0.2) is 17.3 Å². The van der Waals surface area contributed by atoms with Crippen LogP contribution in [0, 0.1) is 18.7 Å². The van der Waals surface area contributed by atoms with Crippen molar-refractivity contribution in [3.8, 4) is 5.75 Å². The molecule has 1 N–H and O–H groups in total. The average molecular weight is 643 g/mol. The lowest BCUT2D eigenvalue weighted by atomic mass is 9.87. The number of ketones is 1. The quantitative estimate of drug-likeness (QED) is 0.185. The molecule has 0 bridgehead atoms. The minimum absolute atomic E-state index is 0.0926. The van der Waals surface area contributed by atoms with Crippen molar-refractivity contribution in [3.63, 3.8) is 0 Å². The standard InChI is InChI=1S/C40H45F3N2O2/c1-27-22-31(19-20-32(27)37(46)23-29(24-39(42)43)17-16-28-12-8-4-3-5-9-13-28)45-36-15-11-7-6-10-14-33-34(26-44-40(33)36)30-18-21-38(47-2)35(41)25-30/h6,10,12,14-15,18-22,25-26,29,39,45H,3-5,7-9,11,13,16-17,23-24H2,1-2H3/b10-6-,28-12+,33-14-,36-15?. The molecular weight excluding hydrogens is 597 g/mol. The van der Waals surface area contributed by atoms with Crippen LogP contribution in [-0.4, -0.2) is 25.0 Å².